The van der Waals surface area contributed by atoms with Crippen LogP contribution < -0.4 is 0 Å². The van der Waals surface area contributed by atoms with Gasteiger partial charge in [0.15, 0.2) is 6.29 Å². The Kier molecular flexibility index (Phi) is 5.09. The Morgan fingerprint density at radius 2 is 1.80 bits per heavy atom. The molecule has 1 rings (SSSR count). The third-order valence-corrected chi connectivity index (χ3v) is 2.51. The monoisotopic (exact) mass is 228 g/mol. The van der Waals surface area contributed by atoms with Crippen molar-refractivity contribution in [3.8, 4) is 0 Å². The van der Waals surface area contributed by atoms with Gasteiger partial charge in [-0.2, -0.15) is 0 Å². The lowest BCUT2D eigenvalue weighted by Gasteiger charge is -2.17. The van der Waals surface area contributed by atoms with E-state index in [1.165, 1.54) is 0 Å². The van der Waals surface area contributed by atoms with Crippen LogP contribution in [0.3, 0.4) is 0 Å². The number of ether oxygens (including phenoxy) is 2. The average Bonchev–Trinajstić information content (AvgIpc) is 2.22. The predicted molar refractivity (Wildman–Crippen MR) is 62.2 cm³/mol. The highest BCUT2D eigenvalue weighted by molar-refractivity contribution is 6.31. The summed E-state index contributed by atoms with van der Waals surface area (Å²) >= 11 is 5.96. The van der Waals surface area contributed by atoms with E-state index in [0.717, 1.165) is 16.1 Å². The van der Waals surface area contributed by atoms with Gasteiger partial charge in [-0.25, -0.2) is 0 Å². The summed E-state index contributed by atoms with van der Waals surface area (Å²) < 4.78 is 11.0. The first kappa shape index (κ1) is 12.5. The van der Waals surface area contributed by atoms with E-state index in [1.807, 2.05) is 39.0 Å². The van der Waals surface area contributed by atoms with Gasteiger partial charge in [0.2, 0.25) is 0 Å². The highest BCUT2D eigenvalue weighted by atomic mass is 35.5. The fraction of sp³-hybridized carbons (Fsp3) is 0.500. The van der Waals surface area contributed by atoms with Crippen LogP contribution in [0.4, 0.5) is 0 Å². The fourth-order valence-corrected chi connectivity index (χ4v) is 1.48. The van der Waals surface area contributed by atoms with Crippen LogP contribution in [-0.2, 0) is 9.47 Å². The maximum Gasteiger partial charge on any atom is 0.183 e. The molecular weight excluding hydrogens is 212 g/mol. The lowest BCUT2D eigenvalue weighted by Crippen LogP contribution is -2.08. The Bertz CT molecular complexity index is 306. The maximum absolute atomic E-state index is 5.96. The molecule has 0 aliphatic rings. The third kappa shape index (κ3) is 3.49. The molecule has 0 saturated carbocycles. The lowest BCUT2D eigenvalue weighted by atomic mass is 10.1. The molecule has 0 heterocycles. The van der Waals surface area contributed by atoms with E-state index in [4.69, 9.17) is 21.1 Å². The van der Waals surface area contributed by atoms with Gasteiger partial charge in [0.1, 0.15) is 0 Å². The van der Waals surface area contributed by atoms with Crippen LogP contribution in [0.5, 0.6) is 0 Å². The molecule has 0 bridgehead atoms. The fourth-order valence-electron chi connectivity index (χ4n) is 1.36. The van der Waals surface area contributed by atoms with E-state index >= 15 is 0 Å². The molecule has 84 valence electrons. The first-order chi connectivity index (χ1) is 7.19. The number of hydrogen-bond acceptors (Lipinski definition) is 2. The minimum Gasteiger partial charge on any atom is -0.349 e. The second-order valence-corrected chi connectivity index (χ2v) is 3.66. The van der Waals surface area contributed by atoms with Crippen LogP contribution in [0.15, 0.2) is 18.2 Å². The molecule has 0 saturated heterocycles. The zero-order valence-corrected chi connectivity index (χ0v) is 10.2. The standard InChI is InChI=1S/C12H17ClO2/c1-4-14-12(15-5-2)10-6-7-11(13)9(3)8-10/h6-8,12H,4-5H2,1-3H3. The first-order valence-corrected chi connectivity index (χ1v) is 5.56. The SMILES string of the molecule is CCOC(OCC)c1ccc(Cl)c(C)c1. The smallest absolute Gasteiger partial charge is 0.183 e. The van der Waals surface area contributed by atoms with Crippen molar-refractivity contribution in [1.29, 1.82) is 0 Å². The molecular formula is C12H17ClO2. The quantitative estimate of drug-likeness (QED) is 0.716. The Morgan fingerprint density at radius 1 is 1.20 bits per heavy atom. The Hall–Kier alpha value is -0.570. The Morgan fingerprint density at radius 3 is 2.27 bits per heavy atom. The summed E-state index contributed by atoms with van der Waals surface area (Å²) in [5.41, 5.74) is 2.05. The normalized spacial score (nSPS) is 11.0. The Balaban J connectivity index is 2.85. The van der Waals surface area contributed by atoms with Crippen molar-refractivity contribution in [2.75, 3.05) is 13.2 Å². The van der Waals surface area contributed by atoms with Crippen LogP contribution in [0.2, 0.25) is 5.02 Å². The number of halogens is 1. The van der Waals surface area contributed by atoms with Crippen LogP contribution in [0.25, 0.3) is 0 Å². The minimum absolute atomic E-state index is 0.282. The van der Waals surface area contributed by atoms with E-state index in [-0.39, 0.29) is 6.29 Å². The van der Waals surface area contributed by atoms with Crippen molar-refractivity contribution in [2.45, 2.75) is 27.1 Å². The summed E-state index contributed by atoms with van der Waals surface area (Å²) in [5.74, 6) is 0. The zero-order valence-electron chi connectivity index (χ0n) is 9.42. The van der Waals surface area contributed by atoms with Gasteiger partial charge in [0.25, 0.3) is 0 Å². The van der Waals surface area contributed by atoms with Crippen molar-refractivity contribution in [3.63, 3.8) is 0 Å². The van der Waals surface area contributed by atoms with Crippen molar-refractivity contribution in [2.24, 2.45) is 0 Å². The summed E-state index contributed by atoms with van der Waals surface area (Å²) in [6, 6.07) is 5.81. The Labute approximate surface area is 96.2 Å². The predicted octanol–water partition coefficient (Wildman–Crippen LogP) is 3.72. The van der Waals surface area contributed by atoms with Crippen LogP contribution in [0.1, 0.15) is 31.3 Å². The van der Waals surface area contributed by atoms with Gasteiger partial charge in [0.05, 0.1) is 0 Å². The summed E-state index contributed by atoms with van der Waals surface area (Å²) in [6.07, 6.45) is -0.282. The van der Waals surface area contributed by atoms with E-state index in [1.54, 1.807) is 0 Å². The molecule has 0 aliphatic heterocycles. The van der Waals surface area contributed by atoms with Gasteiger partial charge in [-0.05, 0) is 38.5 Å². The van der Waals surface area contributed by atoms with Gasteiger partial charge < -0.3 is 9.47 Å². The summed E-state index contributed by atoms with van der Waals surface area (Å²) in [7, 11) is 0. The van der Waals surface area contributed by atoms with Gasteiger partial charge in [-0.1, -0.05) is 17.7 Å². The molecule has 0 spiro atoms. The van der Waals surface area contributed by atoms with E-state index in [9.17, 15) is 0 Å². The van der Waals surface area contributed by atoms with Gasteiger partial charge in [0, 0.05) is 23.8 Å². The molecule has 0 fully saturated rings. The summed E-state index contributed by atoms with van der Waals surface area (Å²) in [4.78, 5) is 0. The van der Waals surface area contributed by atoms with Gasteiger partial charge in [-0.3, -0.25) is 0 Å². The molecule has 0 aliphatic carbocycles. The van der Waals surface area contributed by atoms with Crippen LogP contribution >= 0.6 is 11.6 Å². The molecule has 0 radical (unpaired) electrons. The van der Waals surface area contributed by atoms with Crippen molar-refractivity contribution < 1.29 is 9.47 Å². The van der Waals surface area contributed by atoms with Crippen LogP contribution in [0, 0.1) is 6.92 Å². The molecule has 2 nitrogen and oxygen atoms in total. The highest BCUT2D eigenvalue weighted by Gasteiger charge is 2.11. The molecule has 0 atom stereocenters. The second-order valence-electron chi connectivity index (χ2n) is 3.25. The lowest BCUT2D eigenvalue weighted by molar-refractivity contribution is -0.140. The van der Waals surface area contributed by atoms with Crippen molar-refractivity contribution in [1.82, 2.24) is 0 Å². The van der Waals surface area contributed by atoms with Crippen molar-refractivity contribution >= 4 is 11.6 Å². The molecule has 1 aromatic rings. The number of benzene rings is 1. The molecule has 0 aromatic heterocycles. The molecule has 3 heteroatoms. The minimum atomic E-state index is -0.282. The maximum atomic E-state index is 5.96. The largest absolute Gasteiger partial charge is 0.349 e. The summed E-state index contributed by atoms with van der Waals surface area (Å²) in [6.45, 7) is 7.14. The molecule has 0 amide bonds. The molecule has 15 heavy (non-hydrogen) atoms. The van der Waals surface area contributed by atoms with Crippen LogP contribution in [-0.4, -0.2) is 13.2 Å². The number of hydrogen-bond donors (Lipinski definition) is 0. The van der Waals surface area contributed by atoms with Gasteiger partial charge >= 0.3 is 0 Å². The van der Waals surface area contributed by atoms with E-state index in [0.29, 0.717) is 13.2 Å². The van der Waals surface area contributed by atoms with E-state index in [2.05, 4.69) is 0 Å². The molecule has 0 unspecified atom stereocenters. The van der Waals surface area contributed by atoms with Gasteiger partial charge in [-0.15, -0.1) is 0 Å². The number of aryl methyl sites for hydroxylation is 1. The average molecular weight is 229 g/mol. The van der Waals surface area contributed by atoms with E-state index < -0.39 is 0 Å². The zero-order chi connectivity index (χ0) is 11.3. The third-order valence-electron chi connectivity index (χ3n) is 2.09. The first-order valence-electron chi connectivity index (χ1n) is 5.18. The molecule has 0 N–H and O–H groups in total. The summed E-state index contributed by atoms with van der Waals surface area (Å²) in [5, 5.41) is 0.769. The second kappa shape index (κ2) is 6.11. The van der Waals surface area contributed by atoms with Crippen molar-refractivity contribution in [3.05, 3.63) is 34.3 Å². The topological polar surface area (TPSA) is 18.5 Å². The number of rotatable bonds is 5. The highest BCUT2D eigenvalue weighted by Crippen LogP contribution is 2.23. The molecule has 1 aromatic carbocycles.